The average molecular weight is 178 g/mol. The lowest BCUT2D eigenvalue weighted by molar-refractivity contribution is 0.551. The van der Waals surface area contributed by atoms with E-state index in [1.807, 2.05) is 13.8 Å². The summed E-state index contributed by atoms with van der Waals surface area (Å²) in [5.74, 6) is 1.03. The number of hydrogen-bond acceptors (Lipinski definition) is 1. The van der Waals surface area contributed by atoms with Crippen molar-refractivity contribution in [2.75, 3.05) is 0 Å². The Morgan fingerprint density at radius 1 is 1.38 bits per heavy atom. The van der Waals surface area contributed by atoms with Gasteiger partial charge in [-0.1, -0.05) is 27.4 Å². The number of nitrogens with zero attached hydrogens (tertiary/aromatic N) is 1. The Kier molecular flexibility index (Phi) is 2.33. The van der Waals surface area contributed by atoms with Crippen LogP contribution in [0.3, 0.4) is 0 Å². The van der Waals surface area contributed by atoms with Crippen LogP contribution in [0.15, 0.2) is 6.58 Å². The maximum absolute atomic E-state index is 4.53. The second-order valence-electron chi connectivity index (χ2n) is 4.59. The number of nitrogens with one attached hydrogen (secondary N) is 1. The van der Waals surface area contributed by atoms with Crippen LogP contribution in [0.1, 0.15) is 44.9 Å². The number of aromatic amines is 1. The molecule has 0 fully saturated rings. The van der Waals surface area contributed by atoms with E-state index in [0.717, 1.165) is 22.8 Å². The fourth-order valence-electron chi connectivity index (χ4n) is 1.23. The van der Waals surface area contributed by atoms with Crippen molar-refractivity contribution in [2.24, 2.45) is 0 Å². The summed E-state index contributed by atoms with van der Waals surface area (Å²) in [4.78, 5) is 7.82. The lowest BCUT2D eigenvalue weighted by Crippen LogP contribution is -2.13. The first kappa shape index (κ1) is 10.0. The lowest BCUT2D eigenvalue weighted by Gasteiger charge is -2.13. The van der Waals surface area contributed by atoms with Crippen LogP contribution in [0.4, 0.5) is 0 Å². The predicted octanol–water partition coefficient (Wildman–Crippen LogP) is 3.05. The van der Waals surface area contributed by atoms with Crippen LogP contribution >= 0.6 is 0 Å². The van der Waals surface area contributed by atoms with Crippen molar-refractivity contribution in [2.45, 2.75) is 40.0 Å². The summed E-state index contributed by atoms with van der Waals surface area (Å²) in [6.07, 6.45) is 0. The lowest BCUT2D eigenvalue weighted by atomic mass is 9.96. The minimum Gasteiger partial charge on any atom is -0.345 e. The molecule has 1 aromatic heterocycles. The summed E-state index contributed by atoms with van der Waals surface area (Å²) >= 11 is 0. The van der Waals surface area contributed by atoms with Crippen LogP contribution in [0.25, 0.3) is 5.57 Å². The van der Waals surface area contributed by atoms with Crippen molar-refractivity contribution in [3.63, 3.8) is 0 Å². The summed E-state index contributed by atoms with van der Waals surface area (Å²) in [7, 11) is 0. The van der Waals surface area contributed by atoms with Gasteiger partial charge < -0.3 is 4.98 Å². The van der Waals surface area contributed by atoms with E-state index >= 15 is 0 Å². The van der Waals surface area contributed by atoms with Crippen molar-refractivity contribution in [3.05, 3.63) is 23.8 Å². The van der Waals surface area contributed by atoms with Gasteiger partial charge in [0.2, 0.25) is 0 Å². The molecule has 0 aromatic carbocycles. The number of H-pyrrole nitrogens is 1. The maximum atomic E-state index is 4.53. The summed E-state index contributed by atoms with van der Waals surface area (Å²) in [6.45, 7) is 14.4. The molecule has 0 radical (unpaired) electrons. The second kappa shape index (κ2) is 3.02. The topological polar surface area (TPSA) is 28.7 Å². The highest BCUT2D eigenvalue weighted by molar-refractivity contribution is 5.60. The minimum absolute atomic E-state index is 0.0818. The molecule has 1 rings (SSSR count). The van der Waals surface area contributed by atoms with Crippen molar-refractivity contribution in [1.82, 2.24) is 9.97 Å². The monoisotopic (exact) mass is 178 g/mol. The van der Waals surface area contributed by atoms with Crippen LogP contribution in [0.2, 0.25) is 0 Å². The van der Waals surface area contributed by atoms with Crippen molar-refractivity contribution in [1.29, 1.82) is 0 Å². The molecule has 13 heavy (non-hydrogen) atoms. The van der Waals surface area contributed by atoms with Gasteiger partial charge in [0, 0.05) is 11.1 Å². The standard InChI is InChI=1S/C11H18N2/c1-7(2)9-8(3)12-10(13-9)11(4,5)6/h1H2,2-6H3,(H,12,13). The van der Waals surface area contributed by atoms with Gasteiger partial charge in [-0.15, -0.1) is 0 Å². The van der Waals surface area contributed by atoms with E-state index in [2.05, 4.69) is 37.3 Å². The van der Waals surface area contributed by atoms with Gasteiger partial charge in [-0.2, -0.15) is 0 Å². The molecule has 2 heteroatoms. The quantitative estimate of drug-likeness (QED) is 0.703. The highest BCUT2D eigenvalue weighted by Crippen LogP contribution is 2.22. The molecule has 0 atom stereocenters. The molecule has 0 unspecified atom stereocenters. The molecular formula is C11H18N2. The van der Waals surface area contributed by atoms with E-state index in [1.54, 1.807) is 0 Å². The Balaban J connectivity index is 3.17. The van der Waals surface area contributed by atoms with Crippen LogP contribution < -0.4 is 0 Å². The van der Waals surface area contributed by atoms with E-state index in [-0.39, 0.29) is 5.41 Å². The van der Waals surface area contributed by atoms with E-state index in [9.17, 15) is 0 Å². The van der Waals surface area contributed by atoms with Crippen LogP contribution in [0.5, 0.6) is 0 Å². The third kappa shape index (κ3) is 2.00. The minimum atomic E-state index is 0.0818. The highest BCUT2D eigenvalue weighted by atomic mass is 14.9. The van der Waals surface area contributed by atoms with Gasteiger partial charge >= 0.3 is 0 Å². The molecule has 0 saturated heterocycles. The fourth-order valence-corrected chi connectivity index (χ4v) is 1.23. The molecule has 1 N–H and O–H groups in total. The molecule has 0 aliphatic carbocycles. The normalized spacial score (nSPS) is 11.8. The van der Waals surface area contributed by atoms with Gasteiger partial charge in [-0.05, 0) is 19.4 Å². The average Bonchev–Trinajstić information content (AvgIpc) is 2.29. The van der Waals surface area contributed by atoms with Crippen LogP contribution in [0, 0.1) is 6.92 Å². The first-order valence-corrected chi connectivity index (χ1v) is 4.55. The van der Waals surface area contributed by atoms with Gasteiger partial charge in [-0.25, -0.2) is 4.98 Å². The molecule has 1 aromatic rings. The largest absolute Gasteiger partial charge is 0.345 e. The Morgan fingerprint density at radius 3 is 2.15 bits per heavy atom. The van der Waals surface area contributed by atoms with E-state index in [1.165, 1.54) is 0 Å². The molecular weight excluding hydrogens is 160 g/mol. The van der Waals surface area contributed by atoms with E-state index in [0.29, 0.717) is 0 Å². The summed E-state index contributed by atoms with van der Waals surface area (Å²) in [5.41, 5.74) is 3.21. The Bertz CT molecular complexity index is 326. The molecule has 0 aliphatic heterocycles. The molecule has 2 nitrogen and oxygen atoms in total. The third-order valence-corrected chi connectivity index (χ3v) is 2.00. The third-order valence-electron chi connectivity index (χ3n) is 2.00. The van der Waals surface area contributed by atoms with Crippen molar-refractivity contribution < 1.29 is 0 Å². The van der Waals surface area contributed by atoms with Crippen molar-refractivity contribution in [3.8, 4) is 0 Å². The number of imidazole rings is 1. The number of hydrogen-bond donors (Lipinski definition) is 1. The molecule has 0 saturated carbocycles. The number of aryl methyl sites for hydroxylation is 1. The van der Waals surface area contributed by atoms with Gasteiger partial charge in [0.1, 0.15) is 5.82 Å². The molecule has 0 amide bonds. The summed E-state index contributed by atoms with van der Waals surface area (Å²) < 4.78 is 0. The maximum Gasteiger partial charge on any atom is 0.112 e. The molecule has 72 valence electrons. The second-order valence-corrected chi connectivity index (χ2v) is 4.59. The van der Waals surface area contributed by atoms with Crippen molar-refractivity contribution >= 4 is 5.57 Å². The van der Waals surface area contributed by atoms with Gasteiger partial charge in [0.05, 0.1) is 5.69 Å². The van der Waals surface area contributed by atoms with Crippen LogP contribution in [-0.2, 0) is 5.41 Å². The Hall–Kier alpha value is -1.05. The van der Waals surface area contributed by atoms with E-state index in [4.69, 9.17) is 0 Å². The van der Waals surface area contributed by atoms with Gasteiger partial charge in [0.25, 0.3) is 0 Å². The SMILES string of the molecule is C=C(C)c1nc(C(C)(C)C)[nH]c1C. The highest BCUT2D eigenvalue weighted by Gasteiger charge is 2.19. The molecule has 0 bridgehead atoms. The zero-order valence-electron chi connectivity index (χ0n) is 9.15. The van der Waals surface area contributed by atoms with E-state index < -0.39 is 0 Å². The zero-order chi connectivity index (χ0) is 10.2. The number of allylic oxidation sites excluding steroid dienone is 1. The molecule has 0 aliphatic rings. The molecule has 1 heterocycles. The zero-order valence-corrected chi connectivity index (χ0v) is 9.15. The smallest absolute Gasteiger partial charge is 0.112 e. The van der Waals surface area contributed by atoms with Gasteiger partial charge in [0.15, 0.2) is 0 Å². The molecule has 0 spiro atoms. The fraction of sp³-hybridized carbons (Fsp3) is 0.545. The van der Waals surface area contributed by atoms with Crippen LogP contribution in [-0.4, -0.2) is 9.97 Å². The summed E-state index contributed by atoms with van der Waals surface area (Å²) in [6, 6.07) is 0. The number of aromatic nitrogens is 2. The predicted molar refractivity (Wildman–Crippen MR) is 56.7 cm³/mol. The first-order valence-electron chi connectivity index (χ1n) is 4.55. The van der Waals surface area contributed by atoms with Gasteiger partial charge in [-0.3, -0.25) is 0 Å². The Labute approximate surface area is 80.1 Å². The first-order chi connectivity index (χ1) is 5.82. The number of rotatable bonds is 1. The summed E-state index contributed by atoms with van der Waals surface area (Å²) in [5, 5.41) is 0. The Morgan fingerprint density at radius 2 is 1.92 bits per heavy atom.